The SMILES string of the molecule is Cl.N#Cc1ccc(C(=O)N2CCC3(CCN(C(C(=O)CC4CC4)[C@@H]4CNC[C@@H]4c4ccccc4)CC3)C2)cc1. The van der Waals surface area contributed by atoms with Gasteiger partial charge in [-0.25, -0.2) is 0 Å². The van der Waals surface area contributed by atoms with Crippen LogP contribution in [0.5, 0.6) is 0 Å². The molecule has 3 aliphatic heterocycles. The van der Waals surface area contributed by atoms with E-state index in [-0.39, 0.29) is 29.8 Å². The summed E-state index contributed by atoms with van der Waals surface area (Å²) in [6.45, 7) is 5.26. The molecule has 0 radical (unpaired) electrons. The van der Waals surface area contributed by atoms with Gasteiger partial charge in [0.05, 0.1) is 17.7 Å². The molecule has 1 N–H and O–H groups in total. The molecule has 1 unspecified atom stereocenters. The zero-order valence-corrected chi connectivity index (χ0v) is 23.4. The molecular weight excluding hydrogens is 508 g/mol. The van der Waals surface area contributed by atoms with E-state index in [0.717, 1.165) is 65.0 Å². The van der Waals surface area contributed by atoms with Gasteiger partial charge >= 0.3 is 0 Å². The zero-order chi connectivity index (χ0) is 26.1. The molecule has 2 aromatic rings. The first-order valence-corrected chi connectivity index (χ1v) is 14.4. The van der Waals surface area contributed by atoms with Crippen molar-refractivity contribution in [1.82, 2.24) is 15.1 Å². The summed E-state index contributed by atoms with van der Waals surface area (Å²) in [5, 5.41) is 12.7. The minimum atomic E-state index is -0.0223. The molecule has 4 fully saturated rings. The maximum absolute atomic E-state index is 13.8. The maximum atomic E-state index is 13.8. The third-order valence-electron chi connectivity index (χ3n) is 9.65. The van der Waals surface area contributed by atoms with Crippen molar-refractivity contribution in [3.8, 4) is 6.07 Å². The minimum Gasteiger partial charge on any atom is -0.338 e. The van der Waals surface area contributed by atoms with Gasteiger partial charge in [0.1, 0.15) is 0 Å². The quantitative estimate of drug-likeness (QED) is 0.547. The number of nitriles is 1. The third-order valence-corrected chi connectivity index (χ3v) is 9.65. The minimum absolute atomic E-state index is 0. The Kier molecular flexibility index (Phi) is 8.42. The van der Waals surface area contributed by atoms with E-state index < -0.39 is 0 Å². The predicted octanol–water partition coefficient (Wildman–Crippen LogP) is 4.65. The standard InChI is InChI=1S/C32H38N4O2.ClH/c33-19-24-8-10-26(11-9-24)31(38)36-17-14-32(22-36)12-15-35(16-13-32)30(29(37)18-23-6-7-23)28-21-34-20-27(28)25-4-2-1-3-5-25;/h1-5,8-11,23,27-28,30,34H,6-7,12-18,20-22H2;1H/t27-,28-,30?;/m1./s1. The molecule has 3 saturated heterocycles. The van der Waals surface area contributed by atoms with Crippen molar-refractivity contribution in [3.63, 3.8) is 0 Å². The number of benzene rings is 2. The highest BCUT2D eigenvalue weighted by Crippen LogP contribution is 2.44. The summed E-state index contributed by atoms with van der Waals surface area (Å²) in [5.74, 6) is 1.78. The van der Waals surface area contributed by atoms with Crippen LogP contribution < -0.4 is 5.32 Å². The molecule has 1 aliphatic carbocycles. The Hall–Kier alpha value is -2.72. The average molecular weight is 547 g/mol. The van der Waals surface area contributed by atoms with Crippen molar-refractivity contribution >= 4 is 24.1 Å². The van der Waals surface area contributed by atoms with Gasteiger partial charge in [-0.2, -0.15) is 5.26 Å². The number of hydrogen-bond donors (Lipinski definition) is 1. The van der Waals surface area contributed by atoms with E-state index in [1.165, 1.54) is 18.4 Å². The van der Waals surface area contributed by atoms with E-state index in [1.807, 2.05) is 4.90 Å². The van der Waals surface area contributed by atoms with Crippen LogP contribution in [0.1, 0.15) is 65.9 Å². The Bertz CT molecular complexity index is 1200. The molecule has 206 valence electrons. The van der Waals surface area contributed by atoms with Crippen LogP contribution >= 0.6 is 12.4 Å². The highest BCUT2D eigenvalue weighted by molar-refractivity contribution is 5.94. The molecule has 6 nitrogen and oxygen atoms in total. The van der Waals surface area contributed by atoms with Crippen molar-refractivity contribution in [2.75, 3.05) is 39.3 Å². The average Bonchev–Trinajstić information content (AvgIpc) is 3.48. The summed E-state index contributed by atoms with van der Waals surface area (Å²) in [7, 11) is 0. The Labute approximate surface area is 238 Å². The molecule has 0 bridgehead atoms. The number of amides is 1. The first-order chi connectivity index (χ1) is 18.5. The lowest BCUT2D eigenvalue weighted by Gasteiger charge is -2.44. The first kappa shape index (κ1) is 27.8. The molecule has 6 rings (SSSR count). The summed E-state index contributed by atoms with van der Waals surface area (Å²) >= 11 is 0. The van der Waals surface area contributed by atoms with E-state index >= 15 is 0 Å². The molecule has 1 amide bonds. The fraction of sp³-hybridized carbons (Fsp3) is 0.531. The monoisotopic (exact) mass is 546 g/mol. The molecule has 3 atom stereocenters. The van der Waals surface area contributed by atoms with Gasteiger partial charge in [0.2, 0.25) is 0 Å². The number of likely N-dealkylation sites (tertiary alicyclic amines) is 2. The number of halogens is 1. The molecular formula is C32H39ClN4O2. The van der Waals surface area contributed by atoms with Gasteiger partial charge in [-0.15, -0.1) is 12.4 Å². The lowest BCUT2D eigenvalue weighted by Crippen LogP contribution is -2.53. The number of carbonyl (C=O) groups excluding carboxylic acids is 2. The van der Waals surface area contributed by atoms with E-state index in [9.17, 15) is 9.59 Å². The summed E-state index contributed by atoms with van der Waals surface area (Å²) in [6.07, 6.45) is 6.24. The van der Waals surface area contributed by atoms with Crippen LogP contribution in [0.15, 0.2) is 54.6 Å². The van der Waals surface area contributed by atoms with E-state index in [4.69, 9.17) is 5.26 Å². The predicted molar refractivity (Wildman–Crippen MR) is 154 cm³/mol. The lowest BCUT2D eigenvalue weighted by molar-refractivity contribution is -0.127. The Morgan fingerprint density at radius 3 is 2.33 bits per heavy atom. The second kappa shape index (κ2) is 11.8. The van der Waals surface area contributed by atoms with Crippen molar-refractivity contribution in [1.29, 1.82) is 5.26 Å². The highest BCUT2D eigenvalue weighted by Gasteiger charge is 2.47. The second-order valence-corrected chi connectivity index (χ2v) is 12.1. The van der Waals surface area contributed by atoms with Crippen LogP contribution in [0.3, 0.4) is 0 Å². The molecule has 1 spiro atoms. The van der Waals surface area contributed by atoms with E-state index in [1.54, 1.807) is 24.3 Å². The Morgan fingerprint density at radius 1 is 0.974 bits per heavy atom. The van der Waals surface area contributed by atoms with Crippen LogP contribution in [0, 0.1) is 28.6 Å². The van der Waals surface area contributed by atoms with Crippen LogP contribution in [0.4, 0.5) is 0 Å². The fourth-order valence-corrected chi connectivity index (χ4v) is 7.20. The number of nitrogens with zero attached hydrogens (tertiary/aromatic N) is 3. The zero-order valence-electron chi connectivity index (χ0n) is 22.6. The number of ketones is 1. The summed E-state index contributed by atoms with van der Waals surface area (Å²) < 4.78 is 0. The molecule has 0 aromatic heterocycles. The number of carbonyl (C=O) groups is 2. The molecule has 7 heteroatoms. The Morgan fingerprint density at radius 2 is 1.67 bits per heavy atom. The highest BCUT2D eigenvalue weighted by atomic mass is 35.5. The van der Waals surface area contributed by atoms with Crippen molar-refractivity contribution in [3.05, 3.63) is 71.3 Å². The Balaban J connectivity index is 0.00000308. The molecule has 3 heterocycles. The largest absolute Gasteiger partial charge is 0.338 e. The van der Waals surface area contributed by atoms with Crippen LogP contribution in [0.25, 0.3) is 0 Å². The van der Waals surface area contributed by atoms with Crippen molar-refractivity contribution in [2.24, 2.45) is 17.3 Å². The number of rotatable bonds is 7. The number of nitrogens with one attached hydrogen (secondary N) is 1. The van der Waals surface area contributed by atoms with Gasteiger partial charge in [0.25, 0.3) is 5.91 Å². The number of hydrogen-bond acceptors (Lipinski definition) is 5. The number of Topliss-reactive ketones (excluding diaryl/α,β-unsaturated/α-hetero) is 1. The molecule has 4 aliphatic rings. The fourth-order valence-electron chi connectivity index (χ4n) is 7.20. The first-order valence-electron chi connectivity index (χ1n) is 14.4. The van der Waals surface area contributed by atoms with Crippen molar-refractivity contribution < 1.29 is 9.59 Å². The number of piperidine rings is 1. The normalized spacial score (nSPS) is 25.2. The van der Waals surface area contributed by atoms with Gasteiger partial charge in [0, 0.05) is 50.0 Å². The summed E-state index contributed by atoms with van der Waals surface area (Å²) in [5.41, 5.74) is 2.72. The van der Waals surface area contributed by atoms with Gasteiger partial charge in [-0.1, -0.05) is 30.3 Å². The lowest BCUT2D eigenvalue weighted by atomic mass is 9.75. The molecule has 2 aromatic carbocycles. The van der Waals surface area contributed by atoms with Gasteiger partial charge in [-0.3, -0.25) is 14.5 Å². The topological polar surface area (TPSA) is 76.4 Å². The molecule has 1 saturated carbocycles. The summed E-state index contributed by atoms with van der Waals surface area (Å²) in [4.78, 5) is 31.4. The van der Waals surface area contributed by atoms with Gasteiger partial charge in [-0.05, 0) is 86.4 Å². The molecule has 39 heavy (non-hydrogen) atoms. The van der Waals surface area contributed by atoms with Crippen LogP contribution in [-0.4, -0.2) is 66.8 Å². The van der Waals surface area contributed by atoms with Crippen LogP contribution in [-0.2, 0) is 4.79 Å². The van der Waals surface area contributed by atoms with Crippen molar-refractivity contribution in [2.45, 2.75) is 50.5 Å². The maximum Gasteiger partial charge on any atom is 0.253 e. The van der Waals surface area contributed by atoms with Crippen LogP contribution in [0.2, 0.25) is 0 Å². The van der Waals surface area contributed by atoms with Gasteiger partial charge < -0.3 is 10.2 Å². The van der Waals surface area contributed by atoms with E-state index in [0.29, 0.717) is 34.7 Å². The smallest absolute Gasteiger partial charge is 0.253 e. The summed E-state index contributed by atoms with van der Waals surface area (Å²) in [6, 6.07) is 19.8. The van der Waals surface area contributed by atoms with E-state index in [2.05, 4.69) is 46.6 Å². The third kappa shape index (κ3) is 5.91. The second-order valence-electron chi connectivity index (χ2n) is 12.1. The van der Waals surface area contributed by atoms with Gasteiger partial charge in [0.15, 0.2) is 5.78 Å².